The first-order valence-electron chi connectivity index (χ1n) is 13.7. The molecule has 0 unspecified atom stereocenters. The lowest BCUT2D eigenvalue weighted by molar-refractivity contribution is 0.768. The number of fused-ring (bicyclic) bond motifs is 3. The van der Waals surface area contributed by atoms with Gasteiger partial charge in [-0.1, -0.05) is 133 Å². The topological polar surface area (TPSA) is 0 Å². The smallest absolute Gasteiger partial charge is 0.0622 e. The quantitative estimate of drug-likeness (QED) is 0.226. The molecule has 0 bridgehead atoms. The van der Waals surface area contributed by atoms with Crippen LogP contribution in [0.15, 0.2) is 146 Å². The van der Waals surface area contributed by atoms with Gasteiger partial charge in [-0.15, -0.1) is 0 Å². The van der Waals surface area contributed by atoms with Gasteiger partial charge < -0.3 is 0 Å². The van der Waals surface area contributed by atoms with E-state index in [2.05, 4.69) is 159 Å². The first-order valence-corrected chi connectivity index (χ1v) is 13.7. The second-order valence-corrected chi connectivity index (χ2v) is 10.6. The van der Waals surface area contributed by atoms with E-state index < -0.39 is 5.41 Å². The number of aryl methyl sites for hydroxylation is 2. The summed E-state index contributed by atoms with van der Waals surface area (Å²) < 4.78 is 0. The van der Waals surface area contributed by atoms with Gasteiger partial charge in [0.1, 0.15) is 0 Å². The van der Waals surface area contributed by atoms with Crippen LogP contribution < -0.4 is 0 Å². The lowest BCUT2D eigenvalue weighted by Crippen LogP contribution is -2.29. The lowest BCUT2D eigenvalue weighted by atomic mass is 9.66. The van der Waals surface area contributed by atoms with Crippen LogP contribution in [0.1, 0.15) is 33.4 Å². The predicted octanol–water partition coefficient (Wildman–Crippen LogP) is 10.0. The zero-order chi connectivity index (χ0) is 26.4. The van der Waals surface area contributed by atoms with E-state index in [9.17, 15) is 0 Å². The molecule has 0 spiro atoms. The van der Waals surface area contributed by atoms with Crippen LogP contribution in [0.4, 0.5) is 0 Å². The lowest BCUT2D eigenvalue weighted by Gasteiger charge is -2.35. The molecule has 0 nitrogen and oxygen atoms in total. The van der Waals surface area contributed by atoms with E-state index in [1.54, 1.807) is 0 Å². The molecular weight excluding hydrogens is 468 g/mol. The molecule has 1 aliphatic carbocycles. The molecule has 0 saturated carbocycles. The Balaban J connectivity index is 1.59. The van der Waals surface area contributed by atoms with E-state index in [-0.39, 0.29) is 0 Å². The number of hydrogen-bond donors (Lipinski definition) is 0. The summed E-state index contributed by atoms with van der Waals surface area (Å²) in [5.41, 5.74) is 15.1. The van der Waals surface area contributed by atoms with Crippen LogP contribution in [0.3, 0.4) is 0 Å². The van der Waals surface area contributed by atoms with Crippen molar-refractivity contribution < 1.29 is 0 Å². The molecule has 6 aromatic rings. The van der Waals surface area contributed by atoms with Crippen molar-refractivity contribution in [2.45, 2.75) is 19.3 Å². The van der Waals surface area contributed by atoms with Crippen LogP contribution in [0, 0.1) is 13.8 Å². The maximum atomic E-state index is 2.44. The molecular formula is C39H30. The van der Waals surface area contributed by atoms with Gasteiger partial charge in [-0.05, 0) is 92.7 Å². The molecule has 0 atom stereocenters. The van der Waals surface area contributed by atoms with E-state index in [0.717, 1.165) is 0 Å². The fourth-order valence-electron chi connectivity index (χ4n) is 6.59. The van der Waals surface area contributed by atoms with Crippen molar-refractivity contribution in [2.24, 2.45) is 0 Å². The maximum absolute atomic E-state index is 2.44. The Morgan fingerprint density at radius 1 is 0.359 bits per heavy atom. The Kier molecular flexibility index (Phi) is 5.56. The maximum Gasteiger partial charge on any atom is 0.0714 e. The highest BCUT2D eigenvalue weighted by Gasteiger charge is 2.46. The molecule has 0 saturated heterocycles. The van der Waals surface area contributed by atoms with Gasteiger partial charge in [0.2, 0.25) is 0 Å². The molecule has 39 heavy (non-hydrogen) atoms. The molecule has 0 aliphatic heterocycles. The van der Waals surface area contributed by atoms with Crippen molar-refractivity contribution in [3.63, 3.8) is 0 Å². The Bertz CT molecular complexity index is 1670. The second kappa shape index (κ2) is 9.26. The monoisotopic (exact) mass is 498 g/mol. The minimum atomic E-state index is -0.429. The van der Waals surface area contributed by atoms with Gasteiger partial charge in [-0.3, -0.25) is 0 Å². The number of hydrogen-bond acceptors (Lipinski definition) is 0. The van der Waals surface area contributed by atoms with Gasteiger partial charge in [-0.25, -0.2) is 0 Å². The van der Waals surface area contributed by atoms with E-state index in [4.69, 9.17) is 0 Å². The summed E-state index contributed by atoms with van der Waals surface area (Å²) in [6.45, 7) is 4.43. The van der Waals surface area contributed by atoms with E-state index >= 15 is 0 Å². The standard InChI is InChI=1S/C39H30/c1-27-21-23-31(25-35(27)29-13-5-3-6-14-29)39(32-24-22-28(2)36(26-32)30-15-7-4-8-16-30)37-19-11-9-17-33(37)34-18-10-12-20-38(34)39/h3-26H,1-2H3. The predicted molar refractivity (Wildman–Crippen MR) is 164 cm³/mol. The molecule has 0 heteroatoms. The molecule has 186 valence electrons. The number of benzene rings is 6. The van der Waals surface area contributed by atoms with Crippen molar-refractivity contribution in [1.29, 1.82) is 0 Å². The summed E-state index contributed by atoms with van der Waals surface area (Å²) in [7, 11) is 0. The highest BCUT2D eigenvalue weighted by atomic mass is 14.5. The van der Waals surface area contributed by atoms with Gasteiger partial charge >= 0.3 is 0 Å². The molecule has 1 aliphatic rings. The minimum absolute atomic E-state index is 0.429. The van der Waals surface area contributed by atoms with Crippen molar-refractivity contribution in [1.82, 2.24) is 0 Å². The summed E-state index contributed by atoms with van der Waals surface area (Å²) in [5, 5.41) is 0. The molecule has 0 amide bonds. The summed E-state index contributed by atoms with van der Waals surface area (Å²) in [6, 6.07) is 53.7. The summed E-state index contributed by atoms with van der Waals surface area (Å²) >= 11 is 0. The second-order valence-electron chi connectivity index (χ2n) is 10.6. The highest BCUT2D eigenvalue weighted by Crippen LogP contribution is 2.56. The van der Waals surface area contributed by atoms with E-state index in [1.165, 1.54) is 66.8 Å². The summed E-state index contributed by atoms with van der Waals surface area (Å²) in [6.07, 6.45) is 0. The average Bonchev–Trinajstić information content (AvgIpc) is 3.30. The first kappa shape index (κ1) is 23.4. The Hall–Kier alpha value is -4.68. The Labute approximate surface area is 231 Å². The van der Waals surface area contributed by atoms with Crippen LogP contribution in [-0.2, 0) is 5.41 Å². The van der Waals surface area contributed by atoms with Crippen LogP contribution in [0.25, 0.3) is 33.4 Å². The Morgan fingerprint density at radius 3 is 1.18 bits per heavy atom. The van der Waals surface area contributed by atoms with Crippen molar-refractivity contribution in [2.75, 3.05) is 0 Å². The number of rotatable bonds is 4. The zero-order valence-electron chi connectivity index (χ0n) is 22.4. The van der Waals surface area contributed by atoms with Crippen LogP contribution >= 0.6 is 0 Å². The van der Waals surface area contributed by atoms with E-state index in [1.807, 2.05) is 0 Å². The highest BCUT2D eigenvalue weighted by molar-refractivity contribution is 5.87. The molecule has 0 fully saturated rings. The van der Waals surface area contributed by atoms with Crippen molar-refractivity contribution >= 4 is 0 Å². The van der Waals surface area contributed by atoms with Gasteiger partial charge in [0, 0.05) is 0 Å². The molecule has 7 rings (SSSR count). The zero-order valence-corrected chi connectivity index (χ0v) is 22.4. The fourth-order valence-corrected chi connectivity index (χ4v) is 6.59. The Morgan fingerprint density at radius 2 is 0.744 bits per heavy atom. The van der Waals surface area contributed by atoms with Gasteiger partial charge in [0.05, 0.1) is 5.41 Å². The van der Waals surface area contributed by atoms with Gasteiger partial charge in [0.25, 0.3) is 0 Å². The SMILES string of the molecule is Cc1ccc(C2(c3ccc(C)c(-c4ccccc4)c3)c3ccccc3-c3ccccc32)cc1-c1ccccc1. The fraction of sp³-hybridized carbons (Fsp3) is 0.0769. The normalized spacial score (nSPS) is 13.1. The third-order valence-electron chi connectivity index (χ3n) is 8.46. The molecule has 0 aromatic heterocycles. The first-order chi connectivity index (χ1) is 19.2. The largest absolute Gasteiger partial charge is 0.0714 e. The molecule has 0 N–H and O–H groups in total. The summed E-state index contributed by atoms with van der Waals surface area (Å²) in [5.74, 6) is 0. The van der Waals surface area contributed by atoms with Crippen molar-refractivity contribution in [3.8, 4) is 33.4 Å². The van der Waals surface area contributed by atoms with Crippen LogP contribution in [-0.4, -0.2) is 0 Å². The summed E-state index contributed by atoms with van der Waals surface area (Å²) in [4.78, 5) is 0. The van der Waals surface area contributed by atoms with Gasteiger partial charge in [0.15, 0.2) is 0 Å². The van der Waals surface area contributed by atoms with Gasteiger partial charge in [-0.2, -0.15) is 0 Å². The molecule has 6 aromatic carbocycles. The molecule has 0 radical (unpaired) electrons. The van der Waals surface area contributed by atoms with Crippen LogP contribution in [0.2, 0.25) is 0 Å². The third-order valence-corrected chi connectivity index (χ3v) is 8.46. The average molecular weight is 499 g/mol. The van der Waals surface area contributed by atoms with E-state index in [0.29, 0.717) is 0 Å². The van der Waals surface area contributed by atoms with Crippen molar-refractivity contribution in [3.05, 3.63) is 179 Å². The third kappa shape index (κ3) is 3.60. The van der Waals surface area contributed by atoms with Crippen LogP contribution in [0.5, 0.6) is 0 Å². The minimum Gasteiger partial charge on any atom is -0.0622 e. The molecule has 0 heterocycles.